The van der Waals surface area contributed by atoms with Crippen molar-refractivity contribution in [2.45, 2.75) is 25.9 Å². The van der Waals surface area contributed by atoms with E-state index in [9.17, 15) is 4.39 Å². The molecule has 1 aromatic carbocycles. The average Bonchev–Trinajstić information content (AvgIpc) is 2.69. The van der Waals surface area contributed by atoms with Crippen molar-refractivity contribution in [1.82, 2.24) is 15.6 Å². The number of benzene rings is 1. The maximum atomic E-state index is 13.6. The number of rotatable bonds is 10. The summed E-state index contributed by atoms with van der Waals surface area (Å²) in [5.74, 6) is 1.50. The first kappa shape index (κ1) is 20.5. The molecule has 0 bridgehead atoms. The molecule has 3 N–H and O–H groups in total. The molecule has 1 atom stereocenters. The maximum Gasteiger partial charge on any atom is 0.191 e. The molecule has 0 saturated heterocycles. The van der Waals surface area contributed by atoms with Crippen molar-refractivity contribution in [2.24, 2.45) is 4.99 Å². The lowest BCUT2D eigenvalue weighted by Gasteiger charge is -2.18. The van der Waals surface area contributed by atoms with Gasteiger partial charge in [-0.15, -0.1) is 0 Å². The summed E-state index contributed by atoms with van der Waals surface area (Å²) in [6, 6.07) is 12.2. The summed E-state index contributed by atoms with van der Waals surface area (Å²) >= 11 is 0. The first-order valence-electron chi connectivity index (χ1n) is 9.19. The normalized spacial score (nSPS) is 12.3. The highest BCUT2D eigenvalue weighted by Crippen LogP contribution is 2.16. The fourth-order valence-electron chi connectivity index (χ4n) is 2.40. The summed E-state index contributed by atoms with van der Waals surface area (Å²) in [6.07, 6.45) is 3.61. The van der Waals surface area contributed by atoms with E-state index in [4.69, 9.17) is 4.74 Å². The Morgan fingerprint density at radius 3 is 2.63 bits per heavy atom. The van der Waals surface area contributed by atoms with Crippen LogP contribution in [0.15, 0.2) is 53.7 Å². The maximum absolute atomic E-state index is 13.6. The summed E-state index contributed by atoms with van der Waals surface area (Å²) in [5.41, 5.74) is 0. The molecule has 7 heteroatoms. The lowest BCUT2D eigenvalue weighted by molar-refractivity contribution is 0.214. The summed E-state index contributed by atoms with van der Waals surface area (Å²) in [4.78, 5) is 8.41. The second-order valence-corrected chi connectivity index (χ2v) is 6.09. The summed E-state index contributed by atoms with van der Waals surface area (Å²) in [6.45, 7) is 4.09. The summed E-state index contributed by atoms with van der Waals surface area (Å²) < 4.78 is 19.2. The third kappa shape index (κ3) is 7.94. The molecule has 2 aromatic rings. The van der Waals surface area contributed by atoms with E-state index in [0.717, 1.165) is 31.7 Å². The molecule has 0 radical (unpaired) electrons. The van der Waals surface area contributed by atoms with Crippen LogP contribution < -0.4 is 20.7 Å². The Balaban J connectivity index is 1.58. The lowest BCUT2D eigenvalue weighted by atomic mass is 10.3. The van der Waals surface area contributed by atoms with E-state index in [1.165, 1.54) is 6.07 Å². The van der Waals surface area contributed by atoms with Crippen LogP contribution in [-0.2, 0) is 0 Å². The monoisotopic (exact) mass is 373 g/mol. The molecule has 1 aromatic heterocycles. The topological polar surface area (TPSA) is 70.6 Å². The third-order valence-electron chi connectivity index (χ3n) is 3.81. The molecule has 146 valence electrons. The van der Waals surface area contributed by atoms with Crippen LogP contribution in [0.2, 0.25) is 0 Å². The van der Waals surface area contributed by atoms with Gasteiger partial charge in [-0.05, 0) is 44.0 Å². The van der Waals surface area contributed by atoms with Crippen molar-refractivity contribution in [2.75, 3.05) is 32.0 Å². The van der Waals surface area contributed by atoms with Gasteiger partial charge >= 0.3 is 0 Å². The minimum atomic E-state index is -0.355. The molecular weight excluding hydrogens is 345 g/mol. The Morgan fingerprint density at radius 2 is 1.89 bits per heavy atom. The van der Waals surface area contributed by atoms with Crippen LogP contribution >= 0.6 is 0 Å². The number of unbranched alkanes of at least 4 members (excludes halogenated alkanes) is 1. The zero-order valence-electron chi connectivity index (χ0n) is 15.9. The molecule has 0 aliphatic carbocycles. The predicted molar refractivity (Wildman–Crippen MR) is 108 cm³/mol. The number of aliphatic imine (C=N–C) groups is 1. The van der Waals surface area contributed by atoms with Crippen molar-refractivity contribution < 1.29 is 9.13 Å². The highest BCUT2D eigenvalue weighted by atomic mass is 19.1. The van der Waals surface area contributed by atoms with Gasteiger partial charge in [-0.3, -0.25) is 4.99 Å². The van der Waals surface area contributed by atoms with Gasteiger partial charge < -0.3 is 20.7 Å². The Labute approximate surface area is 160 Å². The molecule has 0 spiro atoms. The number of guanidine groups is 1. The summed E-state index contributed by atoms with van der Waals surface area (Å²) in [7, 11) is 1.72. The van der Waals surface area contributed by atoms with Gasteiger partial charge in [0.1, 0.15) is 11.9 Å². The van der Waals surface area contributed by atoms with E-state index < -0.39 is 0 Å². The summed E-state index contributed by atoms with van der Waals surface area (Å²) in [5, 5.41) is 9.74. The van der Waals surface area contributed by atoms with Gasteiger partial charge in [0, 0.05) is 26.3 Å². The number of ether oxygens (including phenoxy) is 1. The first-order chi connectivity index (χ1) is 13.2. The van der Waals surface area contributed by atoms with E-state index >= 15 is 0 Å². The van der Waals surface area contributed by atoms with Crippen molar-refractivity contribution >= 4 is 11.8 Å². The Hall–Kier alpha value is -2.83. The van der Waals surface area contributed by atoms with Crippen LogP contribution in [-0.4, -0.2) is 43.7 Å². The van der Waals surface area contributed by atoms with Crippen molar-refractivity contribution in [3.8, 4) is 5.75 Å². The highest BCUT2D eigenvalue weighted by Gasteiger charge is 2.08. The van der Waals surface area contributed by atoms with E-state index in [0.29, 0.717) is 12.5 Å². The second-order valence-electron chi connectivity index (χ2n) is 6.09. The number of halogens is 1. The van der Waals surface area contributed by atoms with E-state index in [1.54, 1.807) is 31.4 Å². The molecule has 2 rings (SSSR count). The SMILES string of the molecule is CN=C(NCCCCNc1ccccn1)NCC(C)Oc1ccccc1F. The molecule has 0 aliphatic rings. The fraction of sp³-hybridized carbons (Fsp3) is 0.400. The molecule has 1 heterocycles. The number of para-hydroxylation sites is 1. The van der Waals surface area contributed by atoms with E-state index in [2.05, 4.69) is 25.9 Å². The number of anilines is 1. The fourth-order valence-corrected chi connectivity index (χ4v) is 2.40. The molecule has 27 heavy (non-hydrogen) atoms. The quantitative estimate of drug-likeness (QED) is 0.339. The average molecular weight is 373 g/mol. The minimum Gasteiger partial charge on any atom is -0.486 e. The highest BCUT2D eigenvalue weighted by molar-refractivity contribution is 5.79. The van der Waals surface area contributed by atoms with Crippen molar-refractivity contribution in [3.05, 3.63) is 54.5 Å². The largest absolute Gasteiger partial charge is 0.486 e. The van der Waals surface area contributed by atoms with Gasteiger partial charge in [0.05, 0.1) is 6.54 Å². The molecule has 0 aliphatic heterocycles. The van der Waals surface area contributed by atoms with Gasteiger partial charge in [-0.25, -0.2) is 9.37 Å². The Morgan fingerprint density at radius 1 is 1.11 bits per heavy atom. The van der Waals surface area contributed by atoms with Gasteiger partial charge in [-0.1, -0.05) is 18.2 Å². The lowest BCUT2D eigenvalue weighted by Crippen LogP contribution is -2.42. The molecular formula is C20H28FN5O. The number of hydrogen-bond donors (Lipinski definition) is 3. The second kappa shape index (κ2) is 11.7. The Bertz CT molecular complexity index is 696. The van der Waals surface area contributed by atoms with Crippen LogP contribution in [0, 0.1) is 5.82 Å². The van der Waals surface area contributed by atoms with Crippen LogP contribution in [0.4, 0.5) is 10.2 Å². The zero-order valence-corrected chi connectivity index (χ0v) is 15.9. The number of hydrogen-bond acceptors (Lipinski definition) is 4. The molecule has 0 saturated carbocycles. The van der Waals surface area contributed by atoms with Crippen LogP contribution in [0.5, 0.6) is 5.75 Å². The van der Waals surface area contributed by atoms with Crippen LogP contribution in [0.25, 0.3) is 0 Å². The predicted octanol–water partition coefficient (Wildman–Crippen LogP) is 3.05. The third-order valence-corrected chi connectivity index (χ3v) is 3.81. The number of nitrogens with one attached hydrogen (secondary N) is 3. The van der Waals surface area contributed by atoms with Crippen LogP contribution in [0.1, 0.15) is 19.8 Å². The van der Waals surface area contributed by atoms with Crippen molar-refractivity contribution in [3.63, 3.8) is 0 Å². The van der Waals surface area contributed by atoms with E-state index in [1.807, 2.05) is 25.1 Å². The van der Waals surface area contributed by atoms with Crippen LogP contribution in [0.3, 0.4) is 0 Å². The van der Waals surface area contributed by atoms with Gasteiger partial charge in [0.2, 0.25) is 0 Å². The number of nitrogens with zero attached hydrogens (tertiary/aromatic N) is 2. The molecule has 6 nitrogen and oxygen atoms in total. The van der Waals surface area contributed by atoms with Gasteiger partial charge in [-0.2, -0.15) is 0 Å². The van der Waals surface area contributed by atoms with E-state index in [-0.39, 0.29) is 17.7 Å². The van der Waals surface area contributed by atoms with Gasteiger partial charge in [0.15, 0.2) is 17.5 Å². The minimum absolute atomic E-state index is 0.192. The molecule has 0 amide bonds. The number of pyridine rings is 1. The molecule has 1 unspecified atom stereocenters. The van der Waals surface area contributed by atoms with Gasteiger partial charge in [0.25, 0.3) is 0 Å². The van der Waals surface area contributed by atoms with Crippen molar-refractivity contribution in [1.29, 1.82) is 0 Å². The smallest absolute Gasteiger partial charge is 0.191 e. The standard InChI is InChI=1S/C20H28FN5O/c1-16(27-18-10-4-3-9-17(18)21)15-26-20(22-2)25-14-8-7-13-24-19-11-5-6-12-23-19/h3-6,9-12,16H,7-8,13-15H2,1-2H3,(H,23,24)(H2,22,25,26). The number of aromatic nitrogens is 1. The molecule has 0 fully saturated rings. The zero-order chi connectivity index (χ0) is 19.3. The first-order valence-corrected chi connectivity index (χ1v) is 9.19. The Kier molecular flexibility index (Phi) is 8.89.